The molecule has 0 aliphatic heterocycles. The van der Waals surface area contributed by atoms with Crippen LogP contribution in [0.1, 0.15) is 94.6 Å². The molecule has 0 radical (unpaired) electrons. The molecular formula is C57H57ClF7N5O16. The lowest BCUT2D eigenvalue weighted by Crippen LogP contribution is -2.42. The molecule has 2 atom stereocenters. The van der Waals surface area contributed by atoms with E-state index in [1.165, 1.54) is 44.2 Å². The average Bonchev–Trinajstić information content (AvgIpc) is 3.99. The molecule has 3 aliphatic rings. The summed E-state index contributed by atoms with van der Waals surface area (Å²) < 4.78 is 125. The van der Waals surface area contributed by atoms with Gasteiger partial charge < -0.3 is 33.0 Å². The van der Waals surface area contributed by atoms with E-state index in [-0.39, 0.29) is 127 Å². The largest absolute Gasteiger partial charge is 0.450 e. The van der Waals surface area contributed by atoms with Crippen molar-refractivity contribution in [2.75, 3.05) is 47.3 Å². The topological polar surface area (TPSA) is 259 Å². The normalized spacial score (nSPS) is 16.9. The molecular weight excluding hydrogens is 1180 g/mol. The summed E-state index contributed by atoms with van der Waals surface area (Å²) in [5, 5.41) is -0.109. The molecule has 3 saturated carbocycles. The summed E-state index contributed by atoms with van der Waals surface area (Å²) in [7, 11) is 4.34. The Morgan fingerprint density at radius 3 is 1.79 bits per heavy atom. The van der Waals surface area contributed by atoms with E-state index in [0.29, 0.717) is 48.1 Å². The first-order valence-electron chi connectivity index (χ1n) is 26.3. The second-order valence-electron chi connectivity index (χ2n) is 19.3. The lowest BCUT2D eigenvalue weighted by atomic mass is 9.75. The number of halogens is 8. The Morgan fingerprint density at radius 2 is 1.28 bits per heavy atom. The first-order chi connectivity index (χ1) is 40.7. The highest BCUT2D eigenvalue weighted by molar-refractivity contribution is 6.32. The van der Waals surface area contributed by atoms with Crippen LogP contribution < -0.4 is 20.7 Å². The third-order valence-electron chi connectivity index (χ3n) is 13.5. The van der Waals surface area contributed by atoms with Crippen LogP contribution in [-0.2, 0) is 80.5 Å². The summed E-state index contributed by atoms with van der Waals surface area (Å²) >= 11 is 6.14. The van der Waals surface area contributed by atoms with Gasteiger partial charge in [0.15, 0.2) is 40.4 Å². The summed E-state index contributed by atoms with van der Waals surface area (Å²) in [6.07, 6.45) is -5.80. The predicted molar refractivity (Wildman–Crippen MR) is 286 cm³/mol. The Balaban J connectivity index is 0.000000208. The molecule has 4 heterocycles. The van der Waals surface area contributed by atoms with Crippen LogP contribution in [0.2, 0.25) is 5.02 Å². The molecule has 2 bridgehead atoms. The number of methoxy groups -OCH3 is 2. The number of aromatic nitrogens is 5. The number of rotatable bonds is 22. The van der Waals surface area contributed by atoms with Crippen LogP contribution in [-0.4, -0.2) is 106 Å². The van der Waals surface area contributed by atoms with Crippen molar-refractivity contribution in [2.24, 2.45) is 30.7 Å². The van der Waals surface area contributed by atoms with Gasteiger partial charge in [-0.05, 0) is 88.6 Å². The van der Waals surface area contributed by atoms with Crippen molar-refractivity contribution in [3.05, 3.63) is 145 Å². The number of alkyl halides is 6. The minimum Gasteiger partial charge on any atom is -0.450 e. The number of nitrogens with zero attached hydrogens (tertiary/aromatic N) is 5. The number of aryl methyl sites for hydroxylation is 1. The van der Waals surface area contributed by atoms with Gasteiger partial charge in [0.2, 0.25) is 0 Å². The summed E-state index contributed by atoms with van der Waals surface area (Å²) in [6, 6.07) is 9.62. The molecule has 0 spiro atoms. The molecule has 0 N–H and O–H groups in total. The van der Waals surface area contributed by atoms with E-state index < -0.39 is 87.3 Å². The maximum Gasteiger partial charge on any atom is 0.433 e. The Kier molecular flexibility index (Phi) is 23.4. The highest BCUT2D eigenvalue weighted by Gasteiger charge is 2.50. The lowest BCUT2D eigenvalue weighted by molar-refractivity contribution is -0.279. The van der Waals surface area contributed by atoms with Crippen molar-refractivity contribution in [1.29, 1.82) is 0 Å². The number of pyridine rings is 3. The number of carbonyl (C=O) groups is 6. The Bertz CT molecular complexity index is 3440. The van der Waals surface area contributed by atoms with Crippen LogP contribution in [0.5, 0.6) is 17.4 Å². The van der Waals surface area contributed by atoms with Crippen LogP contribution in [0.25, 0.3) is 5.69 Å². The maximum atomic E-state index is 14.7. The average molecular weight is 1240 g/mol. The Hall–Kier alpha value is -7.89. The Labute approximate surface area is 490 Å². The number of ketones is 6. The van der Waals surface area contributed by atoms with Crippen molar-refractivity contribution in [1.82, 2.24) is 24.1 Å². The number of hydrogen-bond acceptors (Lipinski definition) is 19. The van der Waals surface area contributed by atoms with Crippen LogP contribution in [0.3, 0.4) is 0 Å². The van der Waals surface area contributed by atoms with Gasteiger partial charge >= 0.3 is 24.0 Å². The van der Waals surface area contributed by atoms with Crippen LogP contribution in [0.4, 0.5) is 30.7 Å². The number of hydrogen-bond donors (Lipinski definition) is 0. The van der Waals surface area contributed by atoms with Crippen molar-refractivity contribution >= 4 is 46.3 Å². The zero-order valence-corrected chi connectivity index (χ0v) is 47.5. The molecule has 4 aromatic heterocycles. The van der Waals surface area contributed by atoms with Crippen LogP contribution in [0.15, 0.2) is 82.9 Å². The third kappa shape index (κ3) is 16.7. The van der Waals surface area contributed by atoms with Crippen LogP contribution in [0, 0.1) is 36.4 Å². The Morgan fingerprint density at radius 1 is 0.744 bits per heavy atom. The molecule has 462 valence electrons. The zero-order chi connectivity index (χ0) is 63.2. The van der Waals surface area contributed by atoms with Gasteiger partial charge in [-0.25, -0.2) is 28.7 Å². The molecule has 2 unspecified atom stereocenters. The van der Waals surface area contributed by atoms with Gasteiger partial charge in [-0.15, -0.1) is 0 Å². The van der Waals surface area contributed by atoms with Gasteiger partial charge in [0.05, 0.1) is 68.3 Å². The number of benzene rings is 1. The van der Waals surface area contributed by atoms with Crippen LogP contribution >= 0.6 is 11.6 Å². The van der Waals surface area contributed by atoms with E-state index in [1.54, 1.807) is 19.9 Å². The van der Waals surface area contributed by atoms with Gasteiger partial charge in [0.25, 0.3) is 11.4 Å². The summed E-state index contributed by atoms with van der Waals surface area (Å²) in [4.78, 5) is 120. The second kappa shape index (κ2) is 30.0. The molecule has 29 heteroatoms. The number of carbonyl (C=O) groups excluding carboxylic acids is 6. The third-order valence-corrected chi connectivity index (χ3v) is 13.8. The SMILES string of the molecule is C=C(OOCC)Oc1ncccc1Oc1cc(-n2c(=O)cc(C)n(C)c2=O)c(F)cc1Cl.COCCOCc1nc(C(F)(F)F)ccc1C(=O)C1C(=O)C2CCC(C2)C1=O.COCCOCc1nc(C(F)(F)F)ccc1C(=O)C1C(=O)CCCC1=O. The summed E-state index contributed by atoms with van der Waals surface area (Å²) in [5.74, 6) is -8.21. The molecule has 21 nitrogen and oxygen atoms in total. The van der Waals surface area contributed by atoms with Gasteiger partial charge in [-0.2, -0.15) is 31.2 Å². The molecule has 3 aliphatic carbocycles. The summed E-state index contributed by atoms with van der Waals surface area (Å²) in [6.45, 7) is 6.97. The number of fused-ring (bicyclic) bond motifs is 2. The zero-order valence-electron chi connectivity index (χ0n) is 46.8. The van der Waals surface area contributed by atoms with E-state index >= 15 is 0 Å². The smallest absolute Gasteiger partial charge is 0.433 e. The number of Topliss-reactive ketones (excluding diaryl/α,β-unsaturated/α-hetero) is 6. The molecule has 86 heavy (non-hydrogen) atoms. The van der Waals surface area contributed by atoms with E-state index in [2.05, 4.69) is 21.5 Å². The van der Waals surface area contributed by atoms with E-state index in [9.17, 15) is 69.1 Å². The quantitative estimate of drug-likeness (QED) is 0.0119. The van der Waals surface area contributed by atoms with Crippen molar-refractivity contribution < 1.29 is 97.7 Å². The van der Waals surface area contributed by atoms with E-state index in [4.69, 9.17) is 49.8 Å². The molecule has 0 amide bonds. The first kappa shape index (κ1) is 67.2. The standard InChI is InChI=1S/C21H19ClFN3O6.C19H20F3NO5.C17H18F3NO5/c1-5-29-32-13(3)30-20-17(7-6-8-24-20)31-18-11-16(15(23)10-14(18)22)26-19(27)9-12(2)25(4)21(26)28;1-27-6-7-28-9-13-12(4-5-14(23-13)19(20,21)22)18(26)15-16(24)10-2-3-11(8-10)17(15)25;1-25-7-8-26-9-11-10(5-6-14(21-11)17(18,19)20)16(24)15-12(22)3-2-4-13(15)23/h6-11H,3,5H2,1-2,4H3;4-5,10-11,15H,2-3,6-9H2,1H3;5-6,15H,2-4,7-9H2,1H3. The van der Waals surface area contributed by atoms with E-state index in [1.807, 2.05) is 0 Å². The molecule has 3 fully saturated rings. The fourth-order valence-electron chi connectivity index (χ4n) is 9.11. The summed E-state index contributed by atoms with van der Waals surface area (Å²) in [5.41, 5.74) is -4.57. The predicted octanol–water partition coefficient (Wildman–Crippen LogP) is 8.66. The molecule has 8 rings (SSSR count). The minimum absolute atomic E-state index is 0.0393. The second-order valence-corrected chi connectivity index (χ2v) is 19.7. The lowest BCUT2D eigenvalue weighted by Gasteiger charge is -2.25. The minimum atomic E-state index is -4.70. The molecule has 1 aromatic carbocycles. The fourth-order valence-corrected chi connectivity index (χ4v) is 9.30. The highest BCUT2D eigenvalue weighted by Crippen LogP contribution is 2.42. The van der Waals surface area contributed by atoms with Gasteiger partial charge in [0, 0.05) is 81.1 Å². The maximum absolute atomic E-state index is 14.7. The highest BCUT2D eigenvalue weighted by atomic mass is 35.5. The molecule has 0 saturated heterocycles. The van der Waals surface area contributed by atoms with E-state index in [0.717, 1.165) is 24.3 Å². The first-order valence-corrected chi connectivity index (χ1v) is 26.7. The van der Waals surface area contributed by atoms with Crippen molar-refractivity contribution in [2.45, 2.75) is 77.9 Å². The van der Waals surface area contributed by atoms with Crippen molar-refractivity contribution in [3.8, 4) is 23.1 Å². The number of ether oxygens (including phenoxy) is 6. The molecule has 5 aromatic rings. The monoisotopic (exact) mass is 1240 g/mol. The van der Waals surface area contributed by atoms with Gasteiger partial charge in [0.1, 0.15) is 34.8 Å². The van der Waals surface area contributed by atoms with Crippen molar-refractivity contribution in [3.63, 3.8) is 0 Å². The van der Waals surface area contributed by atoms with Gasteiger partial charge in [-0.3, -0.25) is 38.4 Å². The van der Waals surface area contributed by atoms with Gasteiger partial charge in [-0.1, -0.05) is 11.6 Å². The fraction of sp³-hybridized carbons (Fsp3) is 0.421.